The molecule has 3 aromatic carbocycles. The van der Waals surface area contributed by atoms with E-state index in [0.717, 1.165) is 21.9 Å². The molecule has 1 aliphatic heterocycles. The predicted octanol–water partition coefficient (Wildman–Crippen LogP) is 3.85. The van der Waals surface area contributed by atoms with Gasteiger partial charge in [-0.3, -0.25) is 14.4 Å². The summed E-state index contributed by atoms with van der Waals surface area (Å²) in [6.07, 6.45) is 4.50. The van der Waals surface area contributed by atoms with E-state index in [9.17, 15) is 14.4 Å². The van der Waals surface area contributed by atoms with Crippen LogP contribution in [0.15, 0.2) is 84.9 Å². The Balaban J connectivity index is 1.66. The number of piperazine rings is 1. The summed E-state index contributed by atoms with van der Waals surface area (Å²) in [4.78, 5) is 44.0. The number of likely N-dealkylation sites (N-methyl/N-ethyl adjacent to an activating group) is 1. The van der Waals surface area contributed by atoms with Crippen molar-refractivity contribution in [3.8, 4) is 0 Å². The van der Waals surface area contributed by atoms with Gasteiger partial charge in [-0.1, -0.05) is 78.9 Å². The van der Waals surface area contributed by atoms with Crippen molar-refractivity contribution in [2.24, 2.45) is 5.73 Å². The van der Waals surface area contributed by atoms with E-state index in [-0.39, 0.29) is 23.8 Å². The zero-order valence-electron chi connectivity index (χ0n) is 23.8. The van der Waals surface area contributed by atoms with E-state index >= 15 is 0 Å². The van der Waals surface area contributed by atoms with Gasteiger partial charge < -0.3 is 20.9 Å². The molecule has 0 saturated carbocycles. The van der Waals surface area contributed by atoms with E-state index in [4.69, 9.17) is 5.73 Å². The van der Waals surface area contributed by atoms with Crippen LogP contribution in [0.25, 0.3) is 10.8 Å². The lowest BCUT2D eigenvalue weighted by Gasteiger charge is -2.41. The number of nitrogens with two attached hydrogens (primary N) is 1. The second-order valence-corrected chi connectivity index (χ2v) is 11.6. The molecule has 210 valence electrons. The van der Waals surface area contributed by atoms with Gasteiger partial charge in [0, 0.05) is 38.0 Å². The van der Waals surface area contributed by atoms with E-state index in [1.54, 1.807) is 18.0 Å². The van der Waals surface area contributed by atoms with Gasteiger partial charge in [-0.2, -0.15) is 0 Å². The quantitative estimate of drug-likeness (QED) is 0.403. The monoisotopic (exact) mass is 540 g/mol. The highest BCUT2D eigenvalue weighted by Crippen LogP contribution is 2.22. The number of hydrogen-bond donors (Lipinski definition) is 2. The molecule has 0 aliphatic carbocycles. The van der Waals surface area contributed by atoms with Crippen LogP contribution in [0.5, 0.6) is 0 Å². The van der Waals surface area contributed by atoms with Gasteiger partial charge in [-0.15, -0.1) is 0 Å². The number of carbonyl (C=O) groups is 3. The van der Waals surface area contributed by atoms with E-state index < -0.39 is 17.6 Å². The van der Waals surface area contributed by atoms with Crippen molar-refractivity contribution in [2.75, 3.05) is 13.6 Å². The van der Waals surface area contributed by atoms with Crippen LogP contribution in [0, 0.1) is 0 Å². The lowest BCUT2D eigenvalue weighted by Crippen LogP contribution is -2.64. The molecule has 40 heavy (non-hydrogen) atoms. The highest BCUT2D eigenvalue weighted by atomic mass is 16.2. The van der Waals surface area contributed by atoms with E-state index in [1.165, 1.54) is 11.0 Å². The number of benzene rings is 3. The first-order valence-corrected chi connectivity index (χ1v) is 13.9. The molecule has 3 atom stereocenters. The normalized spacial score (nSPS) is 18.5. The number of nitrogens with one attached hydrogen (secondary N) is 1. The topological polar surface area (TPSA) is 95.7 Å². The third-order valence-electron chi connectivity index (χ3n) is 7.34. The molecule has 3 aromatic rings. The standard InChI is InChI=1S/C33H40N4O3/c1-23-22-37(28(31(39)35-23)20-24-11-6-5-7-12-24)32(40)29(36(4)30(38)15-10-18-33(2,3)34)21-25-16-17-26-13-8-9-14-27(26)19-25/h5-17,19,23,28-29H,18,20-22,34H2,1-4H3,(H,35,39)/t23-,28-,29-/m1/s1. The van der Waals surface area contributed by atoms with E-state index in [0.29, 0.717) is 25.8 Å². The van der Waals surface area contributed by atoms with Crippen molar-refractivity contribution >= 4 is 28.5 Å². The third kappa shape index (κ3) is 7.36. The Morgan fingerprint density at radius 2 is 1.73 bits per heavy atom. The Morgan fingerprint density at radius 1 is 1.05 bits per heavy atom. The van der Waals surface area contributed by atoms with Crippen LogP contribution in [0.2, 0.25) is 0 Å². The summed E-state index contributed by atoms with van der Waals surface area (Å²) in [5.74, 6) is -0.698. The minimum absolute atomic E-state index is 0.181. The van der Waals surface area contributed by atoms with Crippen LogP contribution in [-0.2, 0) is 27.2 Å². The Bertz CT molecular complexity index is 1380. The molecule has 1 aliphatic rings. The smallest absolute Gasteiger partial charge is 0.246 e. The fourth-order valence-corrected chi connectivity index (χ4v) is 5.14. The molecule has 0 bridgehead atoms. The number of rotatable bonds is 9. The van der Waals surface area contributed by atoms with Crippen molar-refractivity contribution in [1.29, 1.82) is 0 Å². The lowest BCUT2D eigenvalue weighted by atomic mass is 9.96. The second-order valence-electron chi connectivity index (χ2n) is 11.6. The van der Waals surface area contributed by atoms with Gasteiger partial charge in [0.2, 0.25) is 17.7 Å². The molecular weight excluding hydrogens is 500 g/mol. The molecule has 1 heterocycles. The molecule has 3 amide bonds. The highest BCUT2D eigenvalue weighted by molar-refractivity contribution is 5.96. The predicted molar refractivity (Wildman–Crippen MR) is 159 cm³/mol. The van der Waals surface area contributed by atoms with Gasteiger partial charge in [-0.25, -0.2) is 0 Å². The van der Waals surface area contributed by atoms with Crippen molar-refractivity contribution in [3.05, 3.63) is 96.1 Å². The number of carbonyl (C=O) groups excluding carboxylic acids is 3. The van der Waals surface area contributed by atoms with Gasteiger partial charge in [0.25, 0.3) is 0 Å². The van der Waals surface area contributed by atoms with Gasteiger partial charge in [0.1, 0.15) is 12.1 Å². The van der Waals surface area contributed by atoms with E-state index in [1.807, 2.05) is 87.5 Å². The summed E-state index contributed by atoms with van der Waals surface area (Å²) >= 11 is 0. The molecule has 0 unspecified atom stereocenters. The van der Waals surface area contributed by atoms with Crippen molar-refractivity contribution in [1.82, 2.24) is 15.1 Å². The molecule has 1 saturated heterocycles. The summed E-state index contributed by atoms with van der Waals surface area (Å²) in [5, 5.41) is 5.18. The molecule has 7 heteroatoms. The first kappa shape index (κ1) is 29.0. The SMILES string of the molecule is C[C@@H]1CN(C(=O)[C@@H](Cc2ccc3ccccc3c2)N(C)C(=O)C=CCC(C)(C)N)[C@H](Cc2ccccc2)C(=O)N1. The fourth-order valence-electron chi connectivity index (χ4n) is 5.14. The zero-order valence-corrected chi connectivity index (χ0v) is 23.8. The van der Waals surface area contributed by atoms with E-state index in [2.05, 4.69) is 11.4 Å². The minimum Gasteiger partial charge on any atom is -0.350 e. The van der Waals surface area contributed by atoms with Crippen LogP contribution in [0.4, 0.5) is 0 Å². The molecule has 4 rings (SSSR count). The fraction of sp³-hybridized carbons (Fsp3) is 0.364. The highest BCUT2D eigenvalue weighted by Gasteiger charge is 2.40. The molecule has 0 spiro atoms. The largest absolute Gasteiger partial charge is 0.350 e. The maximum atomic E-state index is 14.3. The van der Waals surface area contributed by atoms with Gasteiger partial charge in [0.15, 0.2) is 0 Å². The van der Waals surface area contributed by atoms with Gasteiger partial charge in [-0.05, 0) is 55.2 Å². The summed E-state index contributed by atoms with van der Waals surface area (Å²) in [6.45, 7) is 6.05. The Hall–Kier alpha value is -3.97. The summed E-state index contributed by atoms with van der Waals surface area (Å²) in [6, 6.07) is 22.2. The van der Waals surface area contributed by atoms with Crippen LogP contribution >= 0.6 is 0 Å². The third-order valence-corrected chi connectivity index (χ3v) is 7.34. The Morgan fingerprint density at radius 3 is 2.42 bits per heavy atom. The van der Waals surface area contributed by atoms with Crippen LogP contribution < -0.4 is 11.1 Å². The summed E-state index contributed by atoms with van der Waals surface area (Å²) < 4.78 is 0. The average molecular weight is 541 g/mol. The number of nitrogens with zero attached hydrogens (tertiary/aromatic N) is 2. The van der Waals surface area contributed by atoms with Crippen LogP contribution in [0.1, 0.15) is 38.3 Å². The molecule has 1 fully saturated rings. The zero-order chi connectivity index (χ0) is 28.9. The van der Waals surface area contributed by atoms with Crippen molar-refractivity contribution < 1.29 is 14.4 Å². The number of fused-ring (bicyclic) bond motifs is 1. The molecular formula is C33H40N4O3. The maximum Gasteiger partial charge on any atom is 0.246 e. The van der Waals surface area contributed by atoms with Gasteiger partial charge in [0.05, 0.1) is 0 Å². The van der Waals surface area contributed by atoms with Crippen molar-refractivity contribution in [2.45, 2.75) is 63.7 Å². The Labute approximate surface area is 237 Å². The first-order chi connectivity index (χ1) is 19.0. The second kappa shape index (κ2) is 12.5. The molecule has 3 N–H and O–H groups in total. The molecule has 0 aromatic heterocycles. The van der Waals surface area contributed by atoms with Gasteiger partial charge >= 0.3 is 0 Å². The minimum atomic E-state index is -0.791. The van der Waals surface area contributed by atoms with Crippen molar-refractivity contribution in [3.63, 3.8) is 0 Å². The summed E-state index contributed by atoms with van der Waals surface area (Å²) in [7, 11) is 1.66. The molecule has 0 radical (unpaired) electrons. The first-order valence-electron chi connectivity index (χ1n) is 13.9. The average Bonchev–Trinajstić information content (AvgIpc) is 2.92. The number of amides is 3. The van der Waals surface area contributed by atoms with Crippen LogP contribution in [0.3, 0.4) is 0 Å². The molecule has 7 nitrogen and oxygen atoms in total. The Kier molecular flexibility index (Phi) is 9.05. The number of hydrogen-bond acceptors (Lipinski definition) is 4. The summed E-state index contributed by atoms with van der Waals surface area (Å²) in [5.41, 5.74) is 7.55. The lowest BCUT2D eigenvalue weighted by molar-refractivity contribution is -0.150. The van der Waals surface area contributed by atoms with Crippen LogP contribution in [-0.4, -0.2) is 64.8 Å². The maximum absolute atomic E-state index is 14.3.